The van der Waals surface area contributed by atoms with Gasteiger partial charge in [-0.15, -0.1) is 0 Å². The Morgan fingerprint density at radius 2 is 2.31 bits per heavy atom. The quantitative estimate of drug-likeness (QED) is 0.731. The Kier molecular flexibility index (Phi) is 1.89. The van der Waals surface area contributed by atoms with E-state index < -0.39 is 0 Å². The minimum atomic E-state index is 0.0913. The average molecular weight is 216 g/mol. The lowest BCUT2D eigenvalue weighted by atomic mass is 10.2. The predicted molar refractivity (Wildman–Crippen MR) is 61.8 cm³/mol. The van der Waals surface area contributed by atoms with Crippen LogP contribution in [0, 0.1) is 0 Å². The summed E-state index contributed by atoms with van der Waals surface area (Å²) in [6.45, 7) is 0.447. The summed E-state index contributed by atoms with van der Waals surface area (Å²) in [6, 6.07) is 5.91. The maximum Gasteiger partial charge on any atom is 0.230 e. The molecule has 1 N–H and O–H groups in total. The van der Waals surface area contributed by atoms with E-state index in [0.717, 1.165) is 22.3 Å². The smallest absolute Gasteiger partial charge is 0.230 e. The van der Waals surface area contributed by atoms with E-state index in [-0.39, 0.29) is 5.91 Å². The highest BCUT2D eigenvalue weighted by Crippen LogP contribution is 2.34. The van der Waals surface area contributed by atoms with Gasteiger partial charge in [-0.05, 0) is 12.1 Å². The third-order valence-electron chi connectivity index (χ3n) is 2.94. The number of ether oxygens (including phenoxy) is 1. The molecule has 1 aliphatic heterocycles. The standard InChI is InChI=1S/C12H12N2O2/c1-14-10-6-8-2-4-13-9(8)7-11(10)16-5-3-12(14)15/h2,4,6-7,13H,3,5H2,1H3. The number of amides is 1. The normalized spacial score (nSPS) is 15.8. The molecule has 1 amide bonds. The molecular formula is C12H12N2O2. The number of hydrogen-bond donors (Lipinski definition) is 1. The van der Waals surface area contributed by atoms with Crippen LogP contribution in [-0.2, 0) is 4.79 Å². The van der Waals surface area contributed by atoms with Crippen LogP contribution < -0.4 is 9.64 Å². The van der Waals surface area contributed by atoms with Gasteiger partial charge in [0.05, 0.1) is 18.7 Å². The van der Waals surface area contributed by atoms with Crippen molar-refractivity contribution < 1.29 is 9.53 Å². The van der Waals surface area contributed by atoms with Crippen molar-refractivity contribution in [3.8, 4) is 5.75 Å². The molecule has 1 aromatic carbocycles. The summed E-state index contributed by atoms with van der Waals surface area (Å²) in [5, 5.41) is 1.09. The molecule has 0 bridgehead atoms. The van der Waals surface area contributed by atoms with Crippen molar-refractivity contribution >= 4 is 22.5 Å². The number of fused-ring (bicyclic) bond motifs is 2. The van der Waals surface area contributed by atoms with E-state index in [1.807, 2.05) is 24.4 Å². The van der Waals surface area contributed by atoms with Gasteiger partial charge >= 0.3 is 0 Å². The molecule has 0 radical (unpaired) electrons. The van der Waals surface area contributed by atoms with Gasteiger partial charge in [-0.25, -0.2) is 0 Å². The van der Waals surface area contributed by atoms with E-state index in [4.69, 9.17) is 4.74 Å². The van der Waals surface area contributed by atoms with Gasteiger partial charge in [-0.3, -0.25) is 4.79 Å². The fourth-order valence-corrected chi connectivity index (χ4v) is 2.00. The lowest BCUT2D eigenvalue weighted by molar-refractivity contribution is -0.118. The highest BCUT2D eigenvalue weighted by molar-refractivity contribution is 5.98. The molecule has 0 atom stereocenters. The highest BCUT2D eigenvalue weighted by Gasteiger charge is 2.20. The summed E-state index contributed by atoms with van der Waals surface area (Å²) in [6.07, 6.45) is 2.31. The first-order valence-corrected chi connectivity index (χ1v) is 5.26. The summed E-state index contributed by atoms with van der Waals surface area (Å²) in [4.78, 5) is 16.5. The number of aromatic nitrogens is 1. The largest absolute Gasteiger partial charge is 0.491 e. The van der Waals surface area contributed by atoms with Crippen LogP contribution in [0.25, 0.3) is 10.9 Å². The van der Waals surface area contributed by atoms with Gasteiger partial charge in [-0.1, -0.05) is 0 Å². The second-order valence-electron chi connectivity index (χ2n) is 3.94. The first-order chi connectivity index (χ1) is 7.75. The van der Waals surface area contributed by atoms with Crippen molar-refractivity contribution in [3.63, 3.8) is 0 Å². The van der Waals surface area contributed by atoms with Crippen LogP contribution in [0.2, 0.25) is 0 Å². The van der Waals surface area contributed by atoms with Gasteiger partial charge in [0.2, 0.25) is 5.91 Å². The van der Waals surface area contributed by atoms with Crippen LogP contribution in [0.1, 0.15) is 6.42 Å². The van der Waals surface area contributed by atoms with E-state index in [2.05, 4.69) is 4.98 Å². The predicted octanol–water partition coefficient (Wildman–Crippen LogP) is 1.91. The zero-order chi connectivity index (χ0) is 11.1. The van der Waals surface area contributed by atoms with Crippen molar-refractivity contribution in [1.82, 2.24) is 4.98 Å². The van der Waals surface area contributed by atoms with Crippen molar-refractivity contribution in [2.75, 3.05) is 18.6 Å². The van der Waals surface area contributed by atoms with E-state index in [9.17, 15) is 4.79 Å². The number of carbonyl (C=O) groups is 1. The molecule has 2 aromatic rings. The molecule has 2 heterocycles. The van der Waals surface area contributed by atoms with Crippen LogP contribution in [0.3, 0.4) is 0 Å². The van der Waals surface area contributed by atoms with E-state index in [1.165, 1.54) is 0 Å². The molecule has 0 aliphatic carbocycles. The Morgan fingerprint density at radius 1 is 1.44 bits per heavy atom. The van der Waals surface area contributed by atoms with E-state index in [1.54, 1.807) is 11.9 Å². The average Bonchev–Trinajstić information content (AvgIpc) is 2.68. The molecule has 0 saturated carbocycles. The molecule has 0 saturated heterocycles. The van der Waals surface area contributed by atoms with Crippen molar-refractivity contribution in [2.24, 2.45) is 0 Å². The first kappa shape index (κ1) is 9.27. The Morgan fingerprint density at radius 3 is 3.19 bits per heavy atom. The van der Waals surface area contributed by atoms with E-state index in [0.29, 0.717) is 13.0 Å². The Bertz CT molecular complexity index is 559. The topological polar surface area (TPSA) is 45.3 Å². The van der Waals surface area contributed by atoms with Gasteiger partial charge < -0.3 is 14.6 Å². The number of anilines is 1. The fourth-order valence-electron chi connectivity index (χ4n) is 2.00. The van der Waals surface area contributed by atoms with Gasteiger partial charge in [-0.2, -0.15) is 0 Å². The van der Waals surface area contributed by atoms with E-state index >= 15 is 0 Å². The zero-order valence-corrected chi connectivity index (χ0v) is 8.99. The number of hydrogen-bond acceptors (Lipinski definition) is 2. The number of H-pyrrole nitrogens is 1. The zero-order valence-electron chi connectivity index (χ0n) is 8.99. The van der Waals surface area contributed by atoms with Crippen molar-refractivity contribution in [1.29, 1.82) is 0 Å². The summed E-state index contributed by atoms with van der Waals surface area (Å²) in [5.41, 5.74) is 1.87. The van der Waals surface area contributed by atoms with Crippen molar-refractivity contribution in [3.05, 3.63) is 24.4 Å². The summed E-state index contributed by atoms with van der Waals surface area (Å²) in [7, 11) is 1.79. The van der Waals surface area contributed by atoms with Gasteiger partial charge in [0.1, 0.15) is 5.75 Å². The number of nitrogens with one attached hydrogen (secondary N) is 1. The number of carbonyl (C=O) groups excluding carboxylic acids is 1. The van der Waals surface area contributed by atoms with Crippen LogP contribution in [0.5, 0.6) is 5.75 Å². The molecule has 0 spiro atoms. The maximum atomic E-state index is 11.7. The fraction of sp³-hybridized carbons (Fsp3) is 0.250. The van der Waals surface area contributed by atoms with Crippen molar-refractivity contribution in [2.45, 2.75) is 6.42 Å². The molecule has 4 nitrogen and oxygen atoms in total. The SMILES string of the molecule is CN1C(=O)CCOc2cc3[nH]ccc3cc21. The summed E-state index contributed by atoms with van der Waals surface area (Å²) >= 11 is 0. The molecule has 82 valence electrons. The molecule has 1 aliphatic rings. The Hall–Kier alpha value is -1.97. The second kappa shape index (κ2) is 3.27. The van der Waals surface area contributed by atoms with Crippen LogP contribution in [0.15, 0.2) is 24.4 Å². The lowest BCUT2D eigenvalue weighted by Crippen LogP contribution is -2.25. The monoisotopic (exact) mass is 216 g/mol. The Labute approximate surface area is 92.8 Å². The second-order valence-corrected chi connectivity index (χ2v) is 3.94. The van der Waals surface area contributed by atoms with Gasteiger partial charge in [0.25, 0.3) is 0 Å². The van der Waals surface area contributed by atoms with Crippen LogP contribution >= 0.6 is 0 Å². The minimum absolute atomic E-state index is 0.0913. The van der Waals surface area contributed by atoms with Gasteiger partial charge in [0, 0.05) is 30.2 Å². The summed E-state index contributed by atoms with van der Waals surface area (Å²) in [5.74, 6) is 0.858. The molecular weight excluding hydrogens is 204 g/mol. The molecule has 4 heteroatoms. The highest BCUT2D eigenvalue weighted by atomic mass is 16.5. The van der Waals surface area contributed by atoms with Gasteiger partial charge in [0.15, 0.2) is 0 Å². The Balaban J connectivity index is 2.23. The molecule has 0 fully saturated rings. The number of benzene rings is 1. The summed E-state index contributed by atoms with van der Waals surface area (Å²) < 4.78 is 5.58. The minimum Gasteiger partial charge on any atom is -0.491 e. The lowest BCUT2D eigenvalue weighted by Gasteiger charge is -2.16. The maximum absolute atomic E-state index is 11.7. The first-order valence-electron chi connectivity index (χ1n) is 5.26. The van der Waals surface area contributed by atoms with Crippen LogP contribution in [-0.4, -0.2) is 24.5 Å². The number of nitrogens with zero attached hydrogens (tertiary/aromatic N) is 1. The third kappa shape index (κ3) is 1.26. The number of aromatic amines is 1. The van der Waals surface area contributed by atoms with Crippen LogP contribution in [0.4, 0.5) is 5.69 Å². The molecule has 16 heavy (non-hydrogen) atoms. The molecule has 1 aromatic heterocycles. The molecule has 3 rings (SSSR count). The molecule has 0 unspecified atom stereocenters. The number of rotatable bonds is 0. The third-order valence-corrected chi connectivity index (χ3v) is 2.94.